The number of halogens is 1. The first kappa shape index (κ1) is 9.41. The van der Waals surface area contributed by atoms with E-state index in [1.54, 1.807) is 11.8 Å². The van der Waals surface area contributed by atoms with Crippen molar-refractivity contribution in [3.8, 4) is 5.75 Å². The van der Waals surface area contributed by atoms with Gasteiger partial charge in [0.25, 0.3) is 0 Å². The summed E-state index contributed by atoms with van der Waals surface area (Å²) >= 11 is 5.23. The van der Waals surface area contributed by atoms with Crippen LogP contribution in [0.2, 0.25) is 0 Å². The van der Waals surface area contributed by atoms with Gasteiger partial charge in [-0.05, 0) is 53.2 Å². The molecule has 0 radical (unpaired) electrons. The van der Waals surface area contributed by atoms with Crippen molar-refractivity contribution in [2.75, 3.05) is 6.26 Å². The van der Waals surface area contributed by atoms with Crippen molar-refractivity contribution in [1.29, 1.82) is 0 Å². The van der Waals surface area contributed by atoms with E-state index in [9.17, 15) is 0 Å². The summed E-state index contributed by atoms with van der Waals surface area (Å²) in [6.45, 7) is 0. The quantitative estimate of drug-likeness (QED) is 0.765. The van der Waals surface area contributed by atoms with Gasteiger partial charge in [-0.3, -0.25) is 0 Å². The molecular weight excluding hydrogens is 248 g/mol. The van der Waals surface area contributed by atoms with E-state index in [0.717, 1.165) is 10.2 Å². The van der Waals surface area contributed by atoms with Crippen molar-refractivity contribution >= 4 is 27.7 Å². The third-order valence-corrected chi connectivity index (χ3v) is 3.68. The summed E-state index contributed by atoms with van der Waals surface area (Å²) in [5.74, 6) is 0.995. The van der Waals surface area contributed by atoms with E-state index < -0.39 is 0 Å². The Morgan fingerprint density at radius 2 is 2.23 bits per heavy atom. The molecule has 70 valence electrons. The molecule has 1 saturated carbocycles. The molecule has 1 fully saturated rings. The zero-order valence-corrected chi connectivity index (χ0v) is 9.82. The Morgan fingerprint density at radius 1 is 1.46 bits per heavy atom. The van der Waals surface area contributed by atoms with Gasteiger partial charge in [-0.15, -0.1) is 11.8 Å². The van der Waals surface area contributed by atoms with Gasteiger partial charge in [0.2, 0.25) is 0 Å². The SMILES string of the molecule is CSc1cc(OC2CC2)ccc1Br. The van der Waals surface area contributed by atoms with Gasteiger partial charge < -0.3 is 4.74 Å². The smallest absolute Gasteiger partial charge is 0.120 e. The van der Waals surface area contributed by atoms with Crippen molar-refractivity contribution in [2.24, 2.45) is 0 Å². The molecule has 3 heteroatoms. The van der Waals surface area contributed by atoms with Crippen LogP contribution in [0.5, 0.6) is 5.75 Å². The Labute approximate surface area is 91.0 Å². The van der Waals surface area contributed by atoms with Crippen molar-refractivity contribution in [3.05, 3.63) is 22.7 Å². The average Bonchev–Trinajstić information content (AvgIpc) is 2.92. The van der Waals surface area contributed by atoms with E-state index in [0.29, 0.717) is 6.10 Å². The second-order valence-electron chi connectivity index (χ2n) is 3.11. The van der Waals surface area contributed by atoms with Crippen LogP contribution >= 0.6 is 27.7 Å². The number of thioether (sulfide) groups is 1. The van der Waals surface area contributed by atoms with E-state index in [-0.39, 0.29) is 0 Å². The van der Waals surface area contributed by atoms with Crippen LogP contribution in [0.1, 0.15) is 12.8 Å². The molecule has 13 heavy (non-hydrogen) atoms. The Balaban J connectivity index is 2.16. The van der Waals surface area contributed by atoms with Crippen molar-refractivity contribution in [3.63, 3.8) is 0 Å². The summed E-state index contributed by atoms with van der Waals surface area (Å²) in [5, 5.41) is 0. The largest absolute Gasteiger partial charge is 0.490 e. The number of hydrogen-bond acceptors (Lipinski definition) is 2. The van der Waals surface area contributed by atoms with Crippen LogP contribution in [0.3, 0.4) is 0 Å². The van der Waals surface area contributed by atoms with Crippen molar-refractivity contribution < 1.29 is 4.74 Å². The predicted molar refractivity (Wildman–Crippen MR) is 59.6 cm³/mol. The highest BCUT2D eigenvalue weighted by atomic mass is 79.9. The highest BCUT2D eigenvalue weighted by Crippen LogP contribution is 2.32. The fraction of sp³-hybridized carbons (Fsp3) is 0.400. The topological polar surface area (TPSA) is 9.23 Å². The van der Waals surface area contributed by atoms with E-state index in [4.69, 9.17) is 4.74 Å². The van der Waals surface area contributed by atoms with Gasteiger partial charge in [0.15, 0.2) is 0 Å². The zero-order valence-electron chi connectivity index (χ0n) is 7.42. The molecular formula is C10H11BrOS. The van der Waals surface area contributed by atoms with Crippen molar-refractivity contribution in [1.82, 2.24) is 0 Å². The van der Waals surface area contributed by atoms with Crippen LogP contribution in [0.4, 0.5) is 0 Å². The third-order valence-electron chi connectivity index (χ3n) is 1.95. The maximum absolute atomic E-state index is 5.69. The number of rotatable bonds is 3. The lowest BCUT2D eigenvalue weighted by atomic mass is 10.3. The lowest BCUT2D eigenvalue weighted by Crippen LogP contribution is -1.95. The van der Waals surface area contributed by atoms with E-state index >= 15 is 0 Å². The second-order valence-corrected chi connectivity index (χ2v) is 4.82. The molecule has 1 aromatic rings. The maximum atomic E-state index is 5.69. The predicted octanol–water partition coefficient (Wildman–Crippen LogP) is 3.71. The highest BCUT2D eigenvalue weighted by molar-refractivity contribution is 9.10. The lowest BCUT2D eigenvalue weighted by molar-refractivity contribution is 0.302. The maximum Gasteiger partial charge on any atom is 0.120 e. The van der Waals surface area contributed by atoms with Gasteiger partial charge in [0, 0.05) is 9.37 Å². The van der Waals surface area contributed by atoms with Crippen LogP contribution in [-0.4, -0.2) is 12.4 Å². The number of benzene rings is 1. The molecule has 0 amide bonds. The fourth-order valence-corrected chi connectivity index (χ4v) is 2.32. The third kappa shape index (κ3) is 2.41. The number of hydrogen-bond donors (Lipinski definition) is 0. The fourth-order valence-electron chi connectivity index (χ4n) is 1.09. The summed E-state index contributed by atoms with van der Waals surface area (Å²) in [6.07, 6.45) is 4.98. The Hall–Kier alpha value is -0.150. The van der Waals surface area contributed by atoms with E-state index in [2.05, 4.69) is 28.3 Å². The molecule has 0 N–H and O–H groups in total. The summed E-state index contributed by atoms with van der Waals surface area (Å²) in [7, 11) is 0. The van der Waals surface area contributed by atoms with Gasteiger partial charge >= 0.3 is 0 Å². The van der Waals surface area contributed by atoms with E-state index in [1.165, 1.54) is 17.7 Å². The first-order chi connectivity index (χ1) is 6.29. The van der Waals surface area contributed by atoms with Crippen LogP contribution in [-0.2, 0) is 0 Å². The van der Waals surface area contributed by atoms with Crippen LogP contribution in [0.15, 0.2) is 27.6 Å². The molecule has 1 nitrogen and oxygen atoms in total. The van der Waals surface area contributed by atoms with Gasteiger partial charge in [-0.1, -0.05) is 0 Å². The lowest BCUT2D eigenvalue weighted by Gasteiger charge is -2.06. The van der Waals surface area contributed by atoms with Crippen LogP contribution < -0.4 is 4.74 Å². The monoisotopic (exact) mass is 258 g/mol. The zero-order chi connectivity index (χ0) is 9.26. The van der Waals surface area contributed by atoms with Crippen LogP contribution in [0.25, 0.3) is 0 Å². The molecule has 0 spiro atoms. The Kier molecular flexibility index (Phi) is 2.84. The highest BCUT2D eigenvalue weighted by Gasteiger charge is 2.23. The molecule has 0 bridgehead atoms. The minimum absolute atomic E-state index is 0.482. The molecule has 0 atom stereocenters. The normalized spacial score (nSPS) is 15.8. The average molecular weight is 259 g/mol. The minimum Gasteiger partial charge on any atom is -0.490 e. The molecule has 1 aromatic carbocycles. The first-order valence-electron chi connectivity index (χ1n) is 4.30. The molecule has 0 aliphatic heterocycles. The summed E-state index contributed by atoms with van der Waals surface area (Å²) < 4.78 is 6.83. The molecule has 0 saturated heterocycles. The molecule has 1 aliphatic carbocycles. The Bertz CT molecular complexity index is 310. The Morgan fingerprint density at radius 3 is 2.85 bits per heavy atom. The standard InChI is InChI=1S/C10H11BrOS/c1-13-10-6-8(4-5-9(10)11)12-7-2-3-7/h4-7H,2-3H2,1H3. The molecule has 2 rings (SSSR count). The van der Waals surface area contributed by atoms with E-state index in [1.807, 2.05) is 12.1 Å². The molecule has 0 aromatic heterocycles. The van der Waals surface area contributed by atoms with Crippen molar-refractivity contribution in [2.45, 2.75) is 23.8 Å². The van der Waals surface area contributed by atoms with Gasteiger partial charge in [0.1, 0.15) is 5.75 Å². The summed E-state index contributed by atoms with van der Waals surface area (Å²) in [4.78, 5) is 1.23. The summed E-state index contributed by atoms with van der Waals surface area (Å²) in [6, 6.07) is 6.15. The summed E-state index contributed by atoms with van der Waals surface area (Å²) in [5.41, 5.74) is 0. The van der Waals surface area contributed by atoms with Gasteiger partial charge in [-0.2, -0.15) is 0 Å². The van der Waals surface area contributed by atoms with Crippen LogP contribution in [0, 0.1) is 0 Å². The molecule has 1 aliphatic rings. The number of ether oxygens (including phenoxy) is 1. The second kappa shape index (κ2) is 3.93. The minimum atomic E-state index is 0.482. The van der Waals surface area contributed by atoms with Gasteiger partial charge in [-0.25, -0.2) is 0 Å². The first-order valence-corrected chi connectivity index (χ1v) is 6.31. The van der Waals surface area contributed by atoms with Gasteiger partial charge in [0.05, 0.1) is 6.10 Å². The molecule has 0 heterocycles. The molecule has 0 unspecified atom stereocenters.